The van der Waals surface area contributed by atoms with E-state index in [0.29, 0.717) is 23.7 Å². The van der Waals surface area contributed by atoms with Crippen LogP contribution in [0.5, 0.6) is 5.75 Å². The highest BCUT2D eigenvalue weighted by Crippen LogP contribution is 2.35. The SMILES string of the molecule is CC(C)CC(NC(=O)c1cc(S(C)(=O)=O)cc2c1OC(C)C2)C1CCCN1.Cl. The van der Waals surface area contributed by atoms with E-state index in [-0.39, 0.29) is 41.4 Å². The van der Waals surface area contributed by atoms with Crippen LogP contribution in [0.1, 0.15) is 56.0 Å². The van der Waals surface area contributed by atoms with Crippen molar-refractivity contribution in [3.8, 4) is 5.75 Å². The molecule has 2 aliphatic heterocycles. The summed E-state index contributed by atoms with van der Waals surface area (Å²) in [5, 5.41) is 6.63. The molecule has 1 fully saturated rings. The number of carbonyl (C=O) groups is 1. The standard InChI is InChI=1S/C20H30N2O4S.ClH/c1-12(2)8-18(17-6-5-7-21-17)22-20(23)16-11-15(27(4,24)25)10-14-9-13(3)26-19(14)16;/h10-13,17-18,21H,5-9H2,1-4H3,(H,22,23);1H. The zero-order valence-electron chi connectivity index (χ0n) is 16.9. The molecule has 3 unspecified atom stereocenters. The van der Waals surface area contributed by atoms with Crippen LogP contribution in [0.3, 0.4) is 0 Å². The lowest BCUT2D eigenvalue weighted by molar-refractivity contribution is 0.0918. The van der Waals surface area contributed by atoms with E-state index in [1.165, 1.54) is 12.3 Å². The highest BCUT2D eigenvalue weighted by molar-refractivity contribution is 7.90. The minimum Gasteiger partial charge on any atom is -0.489 e. The molecule has 2 N–H and O–H groups in total. The Morgan fingerprint density at radius 3 is 2.64 bits per heavy atom. The lowest BCUT2D eigenvalue weighted by Crippen LogP contribution is -2.48. The summed E-state index contributed by atoms with van der Waals surface area (Å²) in [5.74, 6) is 0.710. The van der Waals surface area contributed by atoms with Crippen molar-refractivity contribution in [1.29, 1.82) is 0 Å². The number of amides is 1. The molecule has 3 atom stereocenters. The predicted octanol–water partition coefficient (Wildman–Crippen LogP) is 2.73. The maximum Gasteiger partial charge on any atom is 0.255 e. The quantitative estimate of drug-likeness (QED) is 0.724. The second-order valence-electron chi connectivity index (χ2n) is 8.28. The van der Waals surface area contributed by atoms with Gasteiger partial charge in [-0.2, -0.15) is 0 Å². The van der Waals surface area contributed by atoms with Gasteiger partial charge in [-0.25, -0.2) is 8.42 Å². The molecule has 1 aromatic carbocycles. The average Bonchev–Trinajstić information content (AvgIpc) is 3.20. The lowest BCUT2D eigenvalue weighted by Gasteiger charge is -2.27. The topological polar surface area (TPSA) is 84.5 Å². The maximum atomic E-state index is 13.1. The molecule has 1 aromatic rings. The van der Waals surface area contributed by atoms with Gasteiger partial charge in [0, 0.05) is 24.8 Å². The van der Waals surface area contributed by atoms with Crippen LogP contribution in [0.25, 0.3) is 0 Å². The lowest BCUT2D eigenvalue weighted by atomic mass is 9.95. The Balaban J connectivity index is 0.00000280. The van der Waals surface area contributed by atoms with Gasteiger partial charge in [0.2, 0.25) is 0 Å². The Kier molecular flexibility index (Phi) is 7.39. The van der Waals surface area contributed by atoms with Crippen LogP contribution in [0.2, 0.25) is 0 Å². The van der Waals surface area contributed by atoms with Gasteiger partial charge >= 0.3 is 0 Å². The summed E-state index contributed by atoms with van der Waals surface area (Å²) in [5.41, 5.74) is 1.11. The molecule has 0 spiro atoms. The van der Waals surface area contributed by atoms with Crippen LogP contribution in [0, 0.1) is 5.92 Å². The molecule has 8 heteroatoms. The monoisotopic (exact) mass is 430 g/mol. The molecule has 158 valence electrons. The highest BCUT2D eigenvalue weighted by Gasteiger charge is 2.31. The fourth-order valence-corrected chi connectivity index (χ4v) is 4.71. The molecule has 3 rings (SSSR count). The number of rotatable bonds is 6. The second kappa shape index (κ2) is 9.01. The summed E-state index contributed by atoms with van der Waals surface area (Å²) >= 11 is 0. The highest BCUT2D eigenvalue weighted by atomic mass is 35.5. The van der Waals surface area contributed by atoms with Crippen molar-refractivity contribution in [1.82, 2.24) is 10.6 Å². The molecule has 28 heavy (non-hydrogen) atoms. The summed E-state index contributed by atoms with van der Waals surface area (Å²) in [7, 11) is -3.41. The predicted molar refractivity (Wildman–Crippen MR) is 112 cm³/mol. The largest absolute Gasteiger partial charge is 0.489 e. The number of benzene rings is 1. The van der Waals surface area contributed by atoms with Crippen LogP contribution >= 0.6 is 12.4 Å². The van der Waals surface area contributed by atoms with Gasteiger partial charge in [-0.15, -0.1) is 12.4 Å². The van der Waals surface area contributed by atoms with Crippen molar-refractivity contribution in [3.05, 3.63) is 23.3 Å². The second-order valence-corrected chi connectivity index (χ2v) is 10.3. The van der Waals surface area contributed by atoms with E-state index in [1.54, 1.807) is 6.07 Å². The van der Waals surface area contributed by atoms with Gasteiger partial charge in [0.25, 0.3) is 5.91 Å². The van der Waals surface area contributed by atoms with Crippen molar-refractivity contribution in [2.45, 2.75) is 69.5 Å². The van der Waals surface area contributed by atoms with Gasteiger partial charge in [-0.3, -0.25) is 4.79 Å². The molecule has 0 aliphatic carbocycles. The Bertz CT molecular complexity index is 820. The van der Waals surface area contributed by atoms with Crippen LogP contribution in [-0.4, -0.2) is 45.3 Å². The first-order valence-corrected chi connectivity index (χ1v) is 11.6. The Morgan fingerprint density at radius 1 is 1.36 bits per heavy atom. The number of nitrogens with one attached hydrogen (secondary N) is 2. The van der Waals surface area contributed by atoms with Crippen LogP contribution < -0.4 is 15.4 Å². The van der Waals surface area contributed by atoms with Crippen molar-refractivity contribution >= 4 is 28.2 Å². The first kappa shape index (κ1) is 23.0. The van der Waals surface area contributed by atoms with E-state index in [4.69, 9.17) is 4.74 Å². The maximum absolute atomic E-state index is 13.1. The fraction of sp³-hybridized carbons (Fsp3) is 0.650. The number of ether oxygens (including phenoxy) is 1. The summed E-state index contributed by atoms with van der Waals surface area (Å²) in [6, 6.07) is 3.35. The molecular weight excluding hydrogens is 400 g/mol. The number of hydrogen-bond donors (Lipinski definition) is 2. The van der Waals surface area contributed by atoms with Crippen molar-refractivity contribution in [3.63, 3.8) is 0 Å². The third-order valence-corrected chi connectivity index (χ3v) is 6.36. The fourth-order valence-electron chi connectivity index (χ4n) is 4.02. The normalized spacial score (nSPS) is 22.3. The van der Waals surface area contributed by atoms with Gasteiger partial charge in [0.15, 0.2) is 9.84 Å². The molecule has 2 aliphatic rings. The minimum absolute atomic E-state index is 0. The molecular formula is C20H31ClN2O4S. The molecule has 1 amide bonds. The molecule has 0 radical (unpaired) electrons. The number of hydrogen-bond acceptors (Lipinski definition) is 5. The van der Waals surface area contributed by atoms with Crippen LogP contribution in [0.15, 0.2) is 17.0 Å². The molecule has 0 aromatic heterocycles. The smallest absolute Gasteiger partial charge is 0.255 e. The molecule has 2 heterocycles. The van der Waals surface area contributed by atoms with Crippen LogP contribution in [-0.2, 0) is 16.3 Å². The van der Waals surface area contributed by atoms with E-state index in [2.05, 4.69) is 24.5 Å². The van der Waals surface area contributed by atoms with Gasteiger partial charge in [-0.05, 0) is 56.3 Å². The van der Waals surface area contributed by atoms with Crippen molar-refractivity contribution in [2.75, 3.05) is 12.8 Å². The van der Waals surface area contributed by atoms with E-state index >= 15 is 0 Å². The van der Waals surface area contributed by atoms with Crippen LogP contribution in [0.4, 0.5) is 0 Å². The van der Waals surface area contributed by atoms with Crippen molar-refractivity contribution in [2.24, 2.45) is 5.92 Å². The number of fused-ring (bicyclic) bond motifs is 1. The van der Waals surface area contributed by atoms with Crippen molar-refractivity contribution < 1.29 is 17.9 Å². The minimum atomic E-state index is -3.41. The summed E-state index contributed by atoms with van der Waals surface area (Å²) in [6.07, 6.45) is 4.72. The average molecular weight is 431 g/mol. The Hall–Kier alpha value is -1.31. The molecule has 6 nitrogen and oxygen atoms in total. The summed E-state index contributed by atoms with van der Waals surface area (Å²) in [6.45, 7) is 7.17. The molecule has 0 bridgehead atoms. The van der Waals surface area contributed by atoms with Gasteiger partial charge < -0.3 is 15.4 Å². The van der Waals surface area contributed by atoms with E-state index in [9.17, 15) is 13.2 Å². The zero-order chi connectivity index (χ0) is 19.8. The molecule has 1 saturated heterocycles. The van der Waals surface area contributed by atoms with Gasteiger partial charge in [0.05, 0.1) is 10.5 Å². The third-order valence-electron chi connectivity index (χ3n) is 5.26. The van der Waals surface area contributed by atoms with E-state index in [1.807, 2.05) is 6.92 Å². The van der Waals surface area contributed by atoms with Gasteiger partial charge in [0.1, 0.15) is 11.9 Å². The summed E-state index contributed by atoms with van der Waals surface area (Å²) in [4.78, 5) is 13.3. The van der Waals surface area contributed by atoms with E-state index < -0.39 is 9.84 Å². The zero-order valence-corrected chi connectivity index (χ0v) is 18.6. The summed E-state index contributed by atoms with van der Waals surface area (Å²) < 4.78 is 30.0. The number of halogens is 1. The Morgan fingerprint density at radius 2 is 2.07 bits per heavy atom. The number of carbonyl (C=O) groups excluding carboxylic acids is 1. The Labute approximate surface area is 174 Å². The number of sulfone groups is 1. The van der Waals surface area contributed by atoms with Gasteiger partial charge in [-0.1, -0.05) is 13.8 Å². The molecule has 0 saturated carbocycles. The first-order valence-electron chi connectivity index (χ1n) is 9.73. The third kappa shape index (κ3) is 5.19. The van der Waals surface area contributed by atoms with E-state index in [0.717, 1.165) is 31.4 Å². The first-order chi connectivity index (χ1) is 12.6.